The Morgan fingerprint density at radius 2 is 1.85 bits per heavy atom. The van der Waals surface area contributed by atoms with Gasteiger partial charge >= 0.3 is 0 Å². The maximum atomic E-state index is 14.2. The van der Waals surface area contributed by atoms with E-state index in [-0.39, 0.29) is 42.7 Å². The molecule has 39 heavy (non-hydrogen) atoms. The first-order chi connectivity index (χ1) is 18.6. The predicted octanol–water partition coefficient (Wildman–Crippen LogP) is 4.12. The predicted molar refractivity (Wildman–Crippen MR) is 141 cm³/mol. The van der Waals surface area contributed by atoms with Crippen LogP contribution in [0, 0.1) is 25.6 Å². The van der Waals surface area contributed by atoms with E-state index in [0.29, 0.717) is 51.6 Å². The van der Waals surface area contributed by atoms with E-state index in [1.165, 1.54) is 16.6 Å². The van der Waals surface area contributed by atoms with Crippen LogP contribution in [0.25, 0.3) is 16.6 Å². The zero-order valence-corrected chi connectivity index (χ0v) is 21.9. The van der Waals surface area contributed by atoms with E-state index >= 15 is 0 Å². The third-order valence-electron chi connectivity index (χ3n) is 7.97. The molecule has 0 radical (unpaired) electrons. The van der Waals surface area contributed by atoms with E-state index in [1.807, 2.05) is 11.8 Å². The molecule has 0 spiro atoms. The molecule has 5 heterocycles. The van der Waals surface area contributed by atoms with Crippen LogP contribution in [0.1, 0.15) is 53.1 Å². The van der Waals surface area contributed by atoms with Crippen molar-refractivity contribution in [2.24, 2.45) is 5.92 Å². The molecule has 0 bridgehead atoms. The number of hydrogen-bond donors (Lipinski definition) is 1. The van der Waals surface area contributed by atoms with Crippen molar-refractivity contribution in [3.05, 3.63) is 52.7 Å². The summed E-state index contributed by atoms with van der Waals surface area (Å²) in [7, 11) is 0. The van der Waals surface area contributed by atoms with Crippen LogP contribution in [0.3, 0.4) is 0 Å². The van der Waals surface area contributed by atoms with Crippen LogP contribution in [-0.2, 0) is 0 Å². The van der Waals surface area contributed by atoms with Gasteiger partial charge in [-0.05, 0) is 63.4 Å². The van der Waals surface area contributed by atoms with Crippen LogP contribution >= 0.6 is 0 Å². The number of hydrogen-bond acceptors (Lipinski definition) is 7. The second-order valence-electron chi connectivity index (χ2n) is 10.7. The fourth-order valence-electron chi connectivity index (χ4n) is 5.62. The van der Waals surface area contributed by atoms with Gasteiger partial charge < -0.3 is 15.5 Å². The number of aryl methyl sites for hydroxylation is 2. The molecule has 9 nitrogen and oxygen atoms in total. The monoisotopic (exact) mass is 538 g/mol. The van der Waals surface area contributed by atoms with E-state index in [4.69, 9.17) is 10.7 Å². The normalized spacial score (nSPS) is 20.3. The summed E-state index contributed by atoms with van der Waals surface area (Å²) in [4.78, 5) is 30.9. The highest BCUT2D eigenvalue weighted by Gasteiger charge is 2.36. The number of alkyl halides is 2. The third kappa shape index (κ3) is 4.31. The van der Waals surface area contributed by atoms with Gasteiger partial charge in [-0.3, -0.25) is 4.79 Å². The molecular weight excluding hydrogens is 509 g/mol. The van der Waals surface area contributed by atoms with Crippen molar-refractivity contribution in [3.63, 3.8) is 0 Å². The Morgan fingerprint density at radius 3 is 2.56 bits per heavy atom. The Labute approximate surface area is 222 Å². The summed E-state index contributed by atoms with van der Waals surface area (Å²) in [6.07, 6.45) is -0.811. The number of pyridine rings is 1. The van der Waals surface area contributed by atoms with Crippen LogP contribution in [-0.4, -0.2) is 67.5 Å². The maximum absolute atomic E-state index is 14.2. The van der Waals surface area contributed by atoms with Crippen LogP contribution in [0.4, 0.5) is 24.9 Å². The number of piperidine rings is 1. The summed E-state index contributed by atoms with van der Waals surface area (Å²) in [6, 6.07) is 6.23. The minimum Gasteiger partial charge on any atom is -0.368 e. The SMILES string of the molecule is Cc1nc(N2CC(C(F)F)C2)ccc1C(=O)N1C[C@H](c2nc3c4cc(F)cc(C)c4nc(N)n3n2)CC[C@@H]1C. The van der Waals surface area contributed by atoms with Gasteiger partial charge in [0.1, 0.15) is 11.6 Å². The number of likely N-dealkylation sites (tertiary alicyclic amines) is 1. The van der Waals surface area contributed by atoms with E-state index in [0.717, 1.165) is 12.8 Å². The van der Waals surface area contributed by atoms with Crippen molar-refractivity contribution in [2.45, 2.75) is 52.0 Å². The highest BCUT2D eigenvalue weighted by atomic mass is 19.3. The van der Waals surface area contributed by atoms with Crippen LogP contribution in [0.2, 0.25) is 0 Å². The van der Waals surface area contributed by atoms with Crippen molar-refractivity contribution in [2.75, 3.05) is 30.3 Å². The van der Waals surface area contributed by atoms with Gasteiger partial charge in [0.05, 0.1) is 22.7 Å². The van der Waals surface area contributed by atoms with Gasteiger partial charge in [0.15, 0.2) is 11.5 Å². The minimum atomic E-state index is -2.34. The number of nitrogens with two attached hydrogens (primary N) is 1. The number of anilines is 2. The second kappa shape index (κ2) is 9.35. The summed E-state index contributed by atoms with van der Waals surface area (Å²) >= 11 is 0. The van der Waals surface area contributed by atoms with Gasteiger partial charge in [-0.2, -0.15) is 4.52 Å². The van der Waals surface area contributed by atoms with E-state index in [1.54, 1.807) is 30.9 Å². The topological polar surface area (TPSA) is 106 Å². The number of nitrogens with zero attached hydrogens (tertiary/aromatic N) is 7. The lowest BCUT2D eigenvalue weighted by atomic mass is 9.92. The highest BCUT2D eigenvalue weighted by molar-refractivity contribution is 5.96. The minimum absolute atomic E-state index is 0.00338. The first-order valence-corrected chi connectivity index (χ1v) is 13.0. The average molecular weight is 539 g/mol. The number of rotatable bonds is 4. The number of nitrogen functional groups attached to an aromatic ring is 1. The third-order valence-corrected chi connectivity index (χ3v) is 7.97. The Hall–Kier alpha value is -3.96. The van der Waals surface area contributed by atoms with Crippen molar-refractivity contribution < 1.29 is 18.0 Å². The molecule has 2 saturated heterocycles. The molecule has 1 aromatic carbocycles. The number of carbonyl (C=O) groups is 1. The number of amides is 1. The average Bonchev–Trinajstić information content (AvgIpc) is 3.30. The van der Waals surface area contributed by atoms with E-state index in [2.05, 4.69) is 15.1 Å². The molecular formula is C27H29F3N8O. The van der Waals surface area contributed by atoms with Crippen molar-refractivity contribution in [3.8, 4) is 0 Å². The number of fused-ring (bicyclic) bond motifs is 3. The van der Waals surface area contributed by atoms with Crippen LogP contribution in [0.15, 0.2) is 24.3 Å². The summed E-state index contributed by atoms with van der Waals surface area (Å²) < 4.78 is 41.4. The van der Waals surface area contributed by atoms with Gasteiger partial charge in [0, 0.05) is 37.0 Å². The highest BCUT2D eigenvalue weighted by Crippen LogP contribution is 2.33. The van der Waals surface area contributed by atoms with Crippen LogP contribution < -0.4 is 10.6 Å². The number of aromatic nitrogens is 5. The number of benzene rings is 1. The molecule has 2 N–H and O–H groups in total. The zero-order valence-electron chi connectivity index (χ0n) is 21.9. The molecule has 0 aliphatic carbocycles. The second-order valence-corrected chi connectivity index (χ2v) is 10.7. The maximum Gasteiger partial charge on any atom is 0.255 e. The molecule has 1 amide bonds. The summed E-state index contributed by atoms with van der Waals surface area (Å²) in [6.45, 7) is 6.46. The molecule has 0 unspecified atom stereocenters. The Balaban J connectivity index is 1.26. The molecule has 4 aromatic rings. The molecule has 12 heteroatoms. The summed E-state index contributed by atoms with van der Waals surface area (Å²) in [5.74, 6) is -0.0326. The lowest BCUT2D eigenvalue weighted by Gasteiger charge is -2.40. The Kier molecular flexibility index (Phi) is 6.07. The van der Waals surface area contributed by atoms with Gasteiger partial charge in [-0.15, -0.1) is 5.10 Å². The van der Waals surface area contributed by atoms with Crippen LogP contribution in [0.5, 0.6) is 0 Å². The van der Waals surface area contributed by atoms with Gasteiger partial charge in [-0.25, -0.2) is 28.1 Å². The standard InChI is InChI=1S/C27H29F3N8O/c1-13-8-18(28)9-20-22(13)33-27(31)38-25(20)34-24(35-38)16-5-4-14(2)37(12-16)26(39)19-6-7-21(32-15(19)3)36-10-17(11-36)23(29)30/h6-9,14,16-17,23H,4-5,10-12H2,1-3H3,(H2,31,33)/t14-,16+/m0/s1. The van der Waals surface area contributed by atoms with Crippen molar-refractivity contribution in [1.82, 2.24) is 29.5 Å². The molecule has 2 aliphatic rings. The molecule has 2 atom stereocenters. The first-order valence-electron chi connectivity index (χ1n) is 13.0. The molecule has 2 aliphatic heterocycles. The van der Waals surface area contributed by atoms with Crippen molar-refractivity contribution >= 4 is 34.2 Å². The summed E-state index contributed by atoms with van der Waals surface area (Å²) in [5.41, 5.74) is 8.87. The van der Waals surface area contributed by atoms with Gasteiger partial charge in [-0.1, -0.05) is 0 Å². The quantitative estimate of drug-likeness (QED) is 0.417. The molecule has 0 saturated carbocycles. The molecule has 6 rings (SSSR count). The Morgan fingerprint density at radius 1 is 1.08 bits per heavy atom. The molecule has 2 fully saturated rings. The van der Waals surface area contributed by atoms with E-state index < -0.39 is 12.3 Å². The Bertz CT molecular complexity index is 1600. The molecule has 204 valence electrons. The van der Waals surface area contributed by atoms with Crippen molar-refractivity contribution in [1.29, 1.82) is 0 Å². The first kappa shape index (κ1) is 25.3. The molecule has 3 aromatic heterocycles. The number of carbonyl (C=O) groups excluding carboxylic acids is 1. The van der Waals surface area contributed by atoms with Gasteiger partial charge in [0.2, 0.25) is 12.4 Å². The fourth-order valence-corrected chi connectivity index (χ4v) is 5.62. The smallest absolute Gasteiger partial charge is 0.255 e. The van der Waals surface area contributed by atoms with E-state index in [9.17, 15) is 18.0 Å². The fraction of sp³-hybridized carbons (Fsp3) is 0.444. The lowest BCUT2D eigenvalue weighted by molar-refractivity contribution is 0.0605. The largest absolute Gasteiger partial charge is 0.368 e. The van der Waals surface area contributed by atoms with Gasteiger partial charge in [0.25, 0.3) is 5.91 Å². The lowest BCUT2D eigenvalue weighted by Crippen LogP contribution is -2.50. The summed E-state index contributed by atoms with van der Waals surface area (Å²) in [5, 5.41) is 5.14. The zero-order chi connectivity index (χ0) is 27.6. The number of halogens is 3.